The smallest absolute Gasteiger partial charge is 0.150 e. The number of fused-ring (bicyclic) bond motifs is 1. The molecule has 0 atom stereocenters. The zero-order valence-electron chi connectivity index (χ0n) is 21.4. The maximum absolute atomic E-state index is 14.3. The number of aromatic nitrogens is 5. The summed E-state index contributed by atoms with van der Waals surface area (Å²) in [6, 6.07) is 11.7. The van der Waals surface area contributed by atoms with Gasteiger partial charge in [0.1, 0.15) is 58.3 Å². The predicted octanol–water partition coefficient (Wildman–Crippen LogP) is 5.48. The number of nitrogens with zero attached hydrogens (tertiary/aromatic N) is 5. The number of benzene rings is 2. The van der Waals surface area contributed by atoms with E-state index in [2.05, 4.69) is 15.0 Å². The Balaban J connectivity index is 1.22. The maximum Gasteiger partial charge on any atom is 0.150 e. The normalized spacial score (nSPS) is 14.0. The molecule has 0 saturated carbocycles. The lowest BCUT2D eigenvalue weighted by Gasteiger charge is -2.20. The summed E-state index contributed by atoms with van der Waals surface area (Å²) in [6.07, 6.45) is 8.77. The van der Waals surface area contributed by atoms with Crippen LogP contribution in [0.15, 0.2) is 67.3 Å². The summed E-state index contributed by atoms with van der Waals surface area (Å²) in [7, 11) is 0. The third-order valence-electron chi connectivity index (χ3n) is 6.64. The lowest BCUT2D eigenvalue weighted by atomic mass is 10.00. The van der Waals surface area contributed by atoms with Crippen molar-refractivity contribution >= 4 is 11.3 Å². The van der Waals surface area contributed by atoms with Gasteiger partial charge in [0.2, 0.25) is 0 Å². The predicted molar refractivity (Wildman–Crippen MR) is 143 cm³/mol. The van der Waals surface area contributed by atoms with Crippen molar-refractivity contribution in [2.75, 3.05) is 18.9 Å². The van der Waals surface area contributed by atoms with E-state index < -0.39 is 5.82 Å². The molecule has 0 amide bonds. The van der Waals surface area contributed by atoms with E-state index in [0.29, 0.717) is 42.1 Å². The van der Waals surface area contributed by atoms with Gasteiger partial charge in [-0.05, 0) is 44.0 Å². The van der Waals surface area contributed by atoms with Gasteiger partial charge in [-0.25, -0.2) is 24.3 Å². The minimum Gasteiger partial charge on any atom is -0.489 e. The molecule has 10 heteroatoms. The average Bonchev–Trinajstić information content (AvgIpc) is 3.34. The van der Waals surface area contributed by atoms with Gasteiger partial charge < -0.3 is 19.9 Å². The van der Waals surface area contributed by atoms with Crippen molar-refractivity contribution in [1.82, 2.24) is 24.3 Å². The van der Waals surface area contributed by atoms with Crippen LogP contribution in [0.2, 0.25) is 0 Å². The van der Waals surface area contributed by atoms with Crippen molar-refractivity contribution in [2.45, 2.75) is 32.3 Å². The van der Waals surface area contributed by atoms with Gasteiger partial charge in [0, 0.05) is 73.2 Å². The molecule has 0 spiro atoms. The van der Waals surface area contributed by atoms with E-state index in [4.69, 9.17) is 24.9 Å². The third-order valence-corrected chi connectivity index (χ3v) is 6.64. The molecular weight excluding hydrogens is 499 g/mol. The van der Waals surface area contributed by atoms with Gasteiger partial charge in [0.25, 0.3) is 0 Å². The Hall–Kier alpha value is -4.57. The summed E-state index contributed by atoms with van der Waals surface area (Å²) < 4.78 is 33.6. The lowest BCUT2D eigenvalue weighted by molar-refractivity contribution is 0.0835. The molecule has 0 unspecified atom stereocenters. The van der Waals surface area contributed by atoms with Crippen LogP contribution in [0.3, 0.4) is 0 Å². The number of rotatable bonds is 7. The molecule has 4 heterocycles. The van der Waals surface area contributed by atoms with Crippen LogP contribution in [0.5, 0.6) is 17.2 Å². The van der Waals surface area contributed by atoms with E-state index >= 15 is 0 Å². The van der Waals surface area contributed by atoms with Gasteiger partial charge in [-0.2, -0.15) is 0 Å². The van der Waals surface area contributed by atoms with E-state index in [1.54, 1.807) is 24.7 Å². The molecule has 2 aromatic carbocycles. The number of nitrogens with two attached hydrogens (primary N) is 1. The number of imidazole rings is 1. The molecule has 1 aliphatic heterocycles. The minimum atomic E-state index is -0.465. The highest BCUT2D eigenvalue weighted by Crippen LogP contribution is 2.35. The fourth-order valence-electron chi connectivity index (χ4n) is 4.69. The lowest BCUT2D eigenvalue weighted by Crippen LogP contribution is -2.16. The molecule has 0 aliphatic carbocycles. The first-order valence-electron chi connectivity index (χ1n) is 12.7. The van der Waals surface area contributed by atoms with Crippen molar-refractivity contribution in [3.8, 4) is 28.5 Å². The van der Waals surface area contributed by atoms with E-state index in [1.165, 1.54) is 12.1 Å². The Kier molecular flexibility index (Phi) is 6.76. The van der Waals surface area contributed by atoms with Gasteiger partial charge in [-0.3, -0.25) is 4.40 Å². The van der Waals surface area contributed by atoms with Crippen LogP contribution in [-0.2, 0) is 11.3 Å². The number of anilines is 1. The molecule has 198 valence electrons. The summed E-state index contributed by atoms with van der Waals surface area (Å²) in [6.45, 7) is 3.45. The summed E-state index contributed by atoms with van der Waals surface area (Å²) in [4.78, 5) is 17.6. The molecule has 0 radical (unpaired) electrons. The topological polar surface area (TPSA) is 110 Å². The fourth-order valence-corrected chi connectivity index (χ4v) is 4.69. The number of aryl methyl sites for hydroxylation is 1. The summed E-state index contributed by atoms with van der Waals surface area (Å²) in [5.74, 6) is 3.08. The third kappa shape index (κ3) is 5.37. The number of halogens is 1. The highest BCUT2D eigenvalue weighted by molar-refractivity contribution is 5.85. The molecule has 39 heavy (non-hydrogen) atoms. The molecule has 5 aromatic rings. The Bertz CT molecular complexity index is 1600. The zero-order chi connectivity index (χ0) is 26.8. The monoisotopic (exact) mass is 526 g/mol. The van der Waals surface area contributed by atoms with Crippen LogP contribution in [0, 0.1) is 12.7 Å². The molecule has 6 rings (SSSR count). The van der Waals surface area contributed by atoms with Crippen LogP contribution in [-0.4, -0.2) is 37.6 Å². The number of nitrogen functional groups attached to an aromatic ring is 1. The van der Waals surface area contributed by atoms with Crippen molar-refractivity contribution in [3.05, 3.63) is 90.3 Å². The largest absolute Gasteiger partial charge is 0.489 e. The SMILES string of the molecule is Cc1ncc(COc2cc(F)cc(Oc3ccc(-c4nc(C5CCOCC5)n5ccnc(N)c45)cc3)c2)cn1. The first kappa shape index (κ1) is 24.7. The van der Waals surface area contributed by atoms with E-state index in [9.17, 15) is 4.39 Å². The highest BCUT2D eigenvalue weighted by atomic mass is 19.1. The molecule has 1 saturated heterocycles. The second kappa shape index (κ2) is 10.7. The maximum atomic E-state index is 14.3. The average molecular weight is 527 g/mol. The number of hydrogen-bond acceptors (Lipinski definition) is 8. The second-order valence-corrected chi connectivity index (χ2v) is 9.41. The Labute approximate surface area is 224 Å². The summed E-state index contributed by atoms with van der Waals surface area (Å²) in [5, 5.41) is 0. The first-order chi connectivity index (χ1) is 19.0. The highest BCUT2D eigenvalue weighted by Gasteiger charge is 2.24. The standard InChI is InChI=1S/C29H27FN6O3/c1-18-33-15-19(16-34-18)17-38-24-12-22(30)13-25(14-24)39-23-4-2-20(3-5-23)26-27-28(31)32-8-9-36(27)29(35-26)21-6-10-37-11-7-21/h2-5,8-9,12-16,21H,6-7,10-11,17H2,1H3,(H2,31,32). The summed E-state index contributed by atoms with van der Waals surface area (Å²) >= 11 is 0. The van der Waals surface area contributed by atoms with Crippen molar-refractivity contribution in [2.24, 2.45) is 0 Å². The number of ether oxygens (including phenoxy) is 3. The molecule has 1 aliphatic rings. The van der Waals surface area contributed by atoms with Crippen LogP contribution in [0.25, 0.3) is 16.8 Å². The van der Waals surface area contributed by atoms with E-state index in [0.717, 1.165) is 41.0 Å². The minimum absolute atomic E-state index is 0.213. The molecule has 1 fully saturated rings. The van der Waals surface area contributed by atoms with Crippen LogP contribution in [0.1, 0.15) is 36.0 Å². The van der Waals surface area contributed by atoms with Crippen molar-refractivity contribution < 1.29 is 18.6 Å². The van der Waals surface area contributed by atoms with Crippen LogP contribution < -0.4 is 15.2 Å². The Morgan fingerprint density at radius 1 is 1.00 bits per heavy atom. The van der Waals surface area contributed by atoms with Gasteiger partial charge >= 0.3 is 0 Å². The molecular formula is C29H27FN6O3. The van der Waals surface area contributed by atoms with E-state index in [1.807, 2.05) is 41.8 Å². The Morgan fingerprint density at radius 3 is 2.51 bits per heavy atom. The second-order valence-electron chi connectivity index (χ2n) is 9.41. The number of hydrogen-bond donors (Lipinski definition) is 1. The van der Waals surface area contributed by atoms with Crippen LogP contribution >= 0.6 is 0 Å². The van der Waals surface area contributed by atoms with Gasteiger partial charge in [-0.15, -0.1) is 0 Å². The zero-order valence-corrected chi connectivity index (χ0v) is 21.4. The quantitative estimate of drug-likeness (QED) is 0.297. The summed E-state index contributed by atoms with van der Waals surface area (Å²) in [5.41, 5.74) is 9.49. The first-order valence-corrected chi connectivity index (χ1v) is 12.7. The molecule has 2 N–H and O–H groups in total. The van der Waals surface area contributed by atoms with Crippen molar-refractivity contribution in [1.29, 1.82) is 0 Å². The Morgan fingerprint density at radius 2 is 1.74 bits per heavy atom. The van der Waals surface area contributed by atoms with Crippen LogP contribution in [0.4, 0.5) is 10.2 Å². The van der Waals surface area contributed by atoms with E-state index in [-0.39, 0.29) is 12.5 Å². The van der Waals surface area contributed by atoms with Crippen molar-refractivity contribution in [3.63, 3.8) is 0 Å². The molecule has 3 aromatic heterocycles. The van der Waals surface area contributed by atoms with Gasteiger partial charge in [-0.1, -0.05) is 0 Å². The molecule has 9 nitrogen and oxygen atoms in total. The van der Waals surface area contributed by atoms with Gasteiger partial charge in [0.05, 0.1) is 0 Å². The van der Waals surface area contributed by atoms with Gasteiger partial charge in [0.15, 0.2) is 0 Å². The molecule has 0 bridgehead atoms. The fraction of sp³-hybridized carbons (Fsp3) is 0.241.